The lowest BCUT2D eigenvalue weighted by Gasteiger charge is -2.30. The van der Waals surface area contributed by atoms with Crippen molar-refractivity contribution in [3.63, 3.8) is 0 Å². The average molecular weight is 311 g/mol. The summed E-state index contributed by atoms with van der Waals surface area (Å²) in [5.41, 5.74) is 0.656. The summed E-state index contributed by atoms with van der Waals surface area (Å²) in [5, 5.41) is 1.14. The molecule has 1 saturated heterocycles. The third-order valence-electron chi connectivity index (χ3n) is 3.21. The van der Waals surface area contributed by atoms with Crippen LogP contribution in [0.4, 0.5) is 0 Å². The van der Waals surface area contributed by atoms with E-state index in [-0.39, 0.29) is 17.1 Å². The van der Waals surface area contributed by atoms with Crippen LogP contribution in [0.3, 0.4) is 0 Å². The van der Waals surface area contributed by atoms with Crippen molar-refractivity contribution in [1.82, 2.24) is 4.98 Å². The minimum atomic E-state index is 0.0299. The predicted molar refractivity (Wildman–Crippen MR) is 87.1 cm³/mol. The molecular formula is C15H21NO2S2. The second-order valence-electron chi connectivity index (χ2n) is 5.31. The Balaban J connectivity index is 2.09. The third kappa shape index (κ3) is 3.92. The van der Waals surface area contributed by atoms with E-state index in [2.05, 4.69) is 18.8 Å². The Morgan fingerprint density at radius 3 is 2.75 bits per heavy atom. The van der Waals surface area contributed by atoms with Crippen LogP contribution in [0.25, 0.3) is 0 Å². The molecule has 0 aromatic carbocycles. The minimum Gasteiger partial charge on any atom is -0.489 e. The van der Waals surface area contributed by atoms with Gasteiger partial charge in [-0.3, -0.25) is 9.78 Å². The highest BCUT2D eigenvalue weighted by Crippen LogP contribution is 2.37. The van der Waals surface area contributed by atoms with Crippen LogP contribution in [0, 0.1) is 0 Å². The Labute approximate surface area is 129 Å². The van der Waals surface area contributed by atoms with Crippen molar-refractivity contribution < 1.29 is 9.53 Å². The summed E-state index contributed by atoms with van der Waals surface area (Å²) < 4.78 is 5.60. The second kappa shape index (κ2) is 6.85. The number of hydrogen-bond acceptors (Lipinski definition) is 5. The maximum atomic E-state index is 12.6. The van der Waals surface area contributed by atoms with Crippen molar-refractivity contribution in [1.29, 1.82) is 0 Å². The molecule has 0 radical (unpaired) electrons. The Bertz CT molecular complexity index is 479. The number of thioether (sulfide) groups is 2. The number of carbonyl (C=O) groups is 1. The Hall–Kier alpha value is -0.680. The first-order chi connectivity index (χ1) is 9.47. The molecule has 0 N–H and O–H groups in total. The molecule has 0 bridgehead atoms. The zero-order valence-electron chi connectivity index (χ0n) is 12.3. The molecule has 20 heavy (non-hydrogen) atoms. The van der Waals surface area contributed by atoms with E-state index in [1.165, 1.54) is 0 Å². The topological polar surface area (TPSA) is 39.2 Å². The van der Waals surface area contributed by atoms with Crippen LogP contribution in [0.1, 0.15) is 38.1 Å². The Morgan fingerprint density at radius 1 is 1.35 bits per heavy atom. The SMILES string of the molecule is CC(C)Oc1cncc(C(=O)C2CSC(C)C(C)S2)c1. The molecule has 5 heteroatoms. The molecule has 2 rings (SSSR count). The fourth-order valence-corrected chi connectivity index (χ4v) is 4.88. The number of nitrogens with zero attached hydrogens (tertiary/aromatic N) is 1. The van der Waals surface area contributed by atoms with Crippen LogP contribution in [-0.2, 0) is 0 Å². The number of hydrogen-bond donors (Lipinski definition) is 0. The molecule has 2 heterocycles. The standard InChI is InChI=1S/C15H21NO2S2/c1-9(2)18-13-5-12(6-16-7-13)15(17)14-8-19-10(3)11(4)20-14/h5-7,9-11,14H,8H2,1-4H3. The molecule has 1 fully saturated rings. The molecule has 0 spiro atoms. The largest absolute Gasteiger partial charge is 0.489 e. The highest BCUT2D eigenvalue weighted by atomic mass is 32.2. The van der Waals surface area contributed by atoms with Gasteiger partial charge in [0.2, 0.25) is 0 Å². The summed E-state index contributed by atoms with van der Waals surface area (Å²) in [6.45, 7) is 8.34. The maximum absolute atomic E-state index is 12.6. The van der Waals surface area contributed by atoms with Gasteiger partial charge in [0, 0.05) is 28.0 Å². The molecule has 110 valence electrons. The second-order valence-corrected chi connectivity index (χ2v) is 8.30. The van der Waals surface area contributed by atoms with E-state index in [0.29, 0.717) is 21.8 Å². The molecule has 1 aromatic rings. The monoisotopic (exact) mass is 311 g/mol. The van der Waals surface area contributed by atoms with E-state index < -0.39 is 0 Å². The number of aromatic nitrogens is 1. The van der Waals surface area contributed by atoms with Crippen molar-refractivity contribution in [3.8, 4) is 5.75 Å². The Kier molecular flexibility index (Phi) is 5.38. The van der Waals surface area contributed by atoms with Gasteiger partial charge in [-0.1, -0.05) is 13.8 Å². The number of pyridine rings is 1. The molecule has 0 amide bonds. The molecular weight excluding hydrogens is 290 g/mol. The molecule has 1 aromatic heterocycles. The van der Waals surface area contributed by atoms with Gasteiger partial charge < -0.3 is 4.74 Å². The molecule has 3 unspecified atom stereocenters. The zero-order valence-corrected chi connectivity index (χ0v) is 14.0. The lowest BCUT2D eigenvalue weighted by molar-refractivity contribution is 0.0993. The quantitative estimate of drug-likeness (QED) is 0.793. The average Bonchev–Trinajstić information content (AvgIpc) is 2.40. The minimum absolute atomic E-state index is 0.0299. The van der Waals surface area contributed by atoms with E-state index in [1.807, 2.05) is 31.7 Å². The normalized spacial score (nSPS) is 26.6. The molecule has 3 atom stereocenters. The molecule has 3 nitrogen and oxygen atoms in total. The first kappa shape index (κ1) is 15.7. The van der Waals surface area contributed by atoms with E-state index in [4.69, 9.17) is 4.74 Å². The third-order valence-corrected chi connectivity index (χ3v) is 6.60. The van der Waals surface area contributed by atoms with Crippen molar-refractivity contribution in [2.45, 2.75) is 49.5 Å². The number of ether oxygens (including phenoxy) is 1. The summed E-state index contributed by atoms with van der Waals surface area (Å²) in [7, 11) is 0. The highest BCUT2D eigenvalue weighted by molar-refractivity contribution is 8.08. The van der Waals surface area contributed by atoms with Gasteiger partial charge >= 0.3 is 0 Å². The molecule has 1 aliphatic rings. The highest BCUT2D eigenvalue weighted by Gasteiger charge is 2.31. The summed E-state index contributed by atoms with van der Waals surface area (Å²) in [5.74, 6) is 1.72. The van der Waals surface area contributed by atoms with Crippen LogP contribution in [-0.4, -0.2) is 38.4 Å². The van der Waals surface area contributed by atoms with E-state index >= 15 is 0 Å². The van der Waals surface area contributed by atoms with Crippen LogP contribution in [0.5, 0.6) is 5.75 Å². The number of Topliss-reactive ketones (excluding diaryl/α,β-unsaturated/α-hetero) is 1. The maximum Gasteiger partial charge on any atom is 0.178 e. The summed E-state index contributed by atoms with van der Waals surface area (Å²) in [4.78, 5) is 16.7. The lowest BCUT2D eigenvalue weighted by Crippen LogP contribution is -2.31. The van der Waals surface area contributed by atoms with Crippen molar-refractivity contribution in [2.75, 3.05) is 5.75 Å². The van der Waals surface area contributed by atoms with Crippen LogP contribution < -0.4 is 4.74 Å². The number of ketones is 1. The van der Waals surface area contributed by atoms with Gasteiger partial charge in [-0.2, -0.15) is 11.8 Å². The van der Waals surface area contributed by atoms with Crippen LogP contribution in [0.2, 0.25) is 0 Å². The Morgan fingerprint density at radius 2 is 2.10 bits per heavy atom. The zero-order chi connectivity index (χ0) is 14.7. The lowest BCUT2D eigenvalue weighted by atomic mass is 10.1. The first-order valence-electron chi connectivity index (χ1n) is 6.90. The van der Waals surface area contributed by atoms with Gasteiger partial charge in [0.05, 0.1) is 17.6 Å². The van der Waals surface area contributed by atoms with E-state index in [0.717, 1.165) is 5.75 Å². The van der Waals surface area contributed by atoms with Gasteiger partial charge in [0.25, 0.3) is 0 Å². The van der Waals surface area contributed by atoms with Crippen molar-refractivity contribution in [2.24, 2.45) is 0 Å². The molecule has 1 aliphatic heterocycles. The van der Waals surface area contributed by atoms with Gasteiger partial charge in [-0.05, 0) is 19.9 Å². The van der Waals surface area contributed by atoms with Gasteiger partial charge in [-0.15, -0.1) is 11.8 Å². The summed E-state index contributed by atoms with van der Waals surface area (Å²) >= 11 is 3.66. The van der Waals surface area contributed by atoms with Crippen LogP contribution in [0.15, 0.2) is 18.5 Å². The van der Waals surface area contributed by atoms with Crippen LogP contribution >= 0.6 is 23.5 Å². The van der Waals surface area contributed by atoms with Gasteiger partial charge in [0.1, 0.15) is 5.75 Å². The number of rotatable bonds is 4. The predicted octanol–water partition coefficient (Wildman–Crippen LogP) is 3.68. The van der Waals surface area contributed by atoms with Crippen molar-refractivity contribution in [3.05, 3.63) is 24.0 Å². The van der Waals surface area contributed by atoms with E-state index in [1.54, 1.807) is 24.2 Å². The van der Waals surface area contributed by atoms with Gasteiger partial charge in [-0.25, -0.2) is 0 Å². The molecule has 0 aliphatic carbocycles. The summed E-state index contributed by atoms with van der Waals surface area (Å²) in [6.07, 6.45) is 3.39. The van der Waals surface area contributed by atoms with E-state index in [9.17, 15) is 4.79 Å². The fourth-order valence-electron chi connectivity index (χ4n) is 2.00. The van der Waals surface area contributed by atoms with Gasteiger partial charge in [0.15, 0.2) is 5.78 Å². The number of carbonyl (C=O) groups excluding carboxylic acids is 1. The fraction of sp³-hybridized carbons (Fsp3) is 0.600. The smallest absolute Gasteiger partial charge is 0.178 e. The first-order valence-corrected chi connectivity index (χ1v) is 8.89. The molecule has 0 saturated carbocycles. The summed E-state index contributed by atoms with van der Waals surface area (Å²) in [6, 6.07) is 1.81. The van der Waals surface area contributed by atoms with Crippen molar-refractivity contribution >= 4 is 29.3 Å².